The van der Waals surface area contributed by atoms with Crippen molar-refractivity contribution in [2.75, 3.05) is 0 Å². The van der Waals surface area contributed by atoms with Gasteiger partial charge in [0.2, 0.25) is 0 Å². The van der Waals surface area contributed by atoms with Crippen LogP contribution in [0.4, 0.5) is 0 Å². The lowest BCUT2D eigenvalue weighted by atomic mass is 10.1. The van der Waals surface area contributed by atoms with Crippen molar-refractivity contribution < 1.29 is 0 Å². The number of alkyl halides is 1. The van der Waals surface area contributed by atoms with Crippen molar-refractivity contribution in [1.29, 1.82) is 0 Å². The number of rotatable bonds is 2. The fourth-order valence-corrected chi connectivity index (χ4v) is 4.05. The van der Waals surface area contributed by atoms with Crippen LogP contribution in [0.1, 0.15) is 20.8 Å². The zero-order valence-corrected chi connectivity index (χ0v) is 14.3. The van der Waals surface area contributed by atoms with Gasteiger partial charge in [-0.3, -0.25) is 0 Å². The number of benzene rings is 1. The zero-order valence-electron chi connectivity index (χ0n) is 8.81. The maximum atomic E-state index is 6.04. The summed E-state index contributed by atoms with van der Waals surface area (Å²) < 4.78 is 0.962. The SMILES string of the molecule is Cc1cc(C(Br)c2cc(Cl)c(Br)s2)ccc1Cl. The predicted molar refractivity (Wildman–Crippen MR) is 84.0 cm³/mol. The quantitative estimate of drug-likeness (QED) is 0.485. The molecule has 0 bridgehead atoms. The van der Waals surface area contributed by atoms with E-state index in [2.05, 4.69) is 37.9 Å². The molecule has 0 amide bonds. The first kappa shape index (κ1) is 13.9. The Balaban J connectivity index is 2.36. The van der Waals surface area contributed by atoms with Gasteiger partial charge in [-0.05, 0) is 46.1 Å². The Hall–Kier alpha value is 0.460. The standard InChI is InChI=1S/C12H8Br2Cl2S/c1-6-4-7(2-3-8(6)15)11(13)10-5-9(16)12(14)17-10/h2-5,11H,1H3. The van der Waals surface area contributed by atoms with E-state index in [4.69, 9.17) is 23.2 Å². The van der Waals surface area contributed by atoms with Gasteiger partial charge in [-0.1, -0.05) is 51.3 Å². The van der Waals surface area contributed by atoms with E-state index >= 15 is 0 Å². The van der Waals surface area contributed by atoms with Crippen molar-refractivity contribution in [3.05, 3.63) is 54.1 Å². The van der Waals surface area contributed by atoms with E-state index < -0.39 is 0 Å². The highest BCUT2D eigenvalue weighted by atomic mass is 79.9. The first-order valence-corrected chi connectivity index (χ1v) is 8.12. The van der Waals surface area contributed by atoms with Crippen molar-refractivity contribution in [2.24, 2.45) is 0 Å². The van der Waals surface area contributed by atoms with Crippen LogP contribution in [-0.4, -0.2) is 0 Å². The third kappa shape index (κ3) is 3.07. The molecule has 0 aliphatic carbocycles. The Morgan fingerprint density at radius 3 is 2.41 bits per heavy atom. The molecule has 0 saturated heterocycles. The van der Waals surface area contributed by atoms with Crippen LogP contribution in [0.5, 0.6) is 0 Å². The van der Waals surface area contributed by atoms with Crippen LogP contribution in [0.15, 0.2) is 28.1 Å². The molecule has 0 spiro atoms. The van der Waals surface area contributed by atoms with Gasteiger partial charge in [-0.15, -0.1) is 11.3 Å². The molecule has 0 nitrogen and oxygen atoms in total. The minimum Gasteiger partial charge on any atom is -0.130 e. The smallest absolute Gasteiger partial charge is 0.0887 e. The third-order valence-electron chi connectivity index (χ3n) is 2.39. The van der Waals surface area contributed by atoms with Crippen molar-refractivity contribution >= 4 is 66.4 Å². The molecule has 1 unspecified atom stereocenters. The summed E-state index contributed by atoms with van der Waals surface area (Å²) >= 11 is 20.8. The third-order valence-corrected chi connectivity index (χ3v) is 6.68. The summed E-state index contributed by atoms with van der Waals surface area (Å²) in [5.74, 6) is 0. The van der Waals surface area contributed by atoms with Gasteiger partial charge in [0.15, 0.2) is 0 Å². The average Bonchev–Trinajstić information content (AvgIpc) is 2.62. The van der Waals surface area contributed by atoms with Crippen molar-refractivity contribution in [1.82, 2.24) is 0 Å². The first-order valence-electron chi connectivity index (χ1n) is 4.84. The highest BCUT2D eigenvalue weighted by molar-refractivity contribution is 9.11. The predicted octanol–water partition coefficient (Wildman–Crippen LogP) is 6.61. The van der Waals surface area contributed by atoms with E-state index in [9.17, 15) is 0 Å². The summed E-state index contributed by atoms with van der Waals surface area (Å²) in [6, 6.07) is 8.00. The molecule has 0 N–H and O–H groups in total. The molecule has 90 valence electrons. The lowest BCUT2D eigenvalue weighted by molar-refractivity contribution is 1.21. The van der Waals surface area contributed by atoms with Gasteiger partial charge in [-0.25, -0.2) is 0 Å². The molecule has 1 aromatic heterocycles. The topological polar surface area (TPSA) is 0 Å². The molecule has 1 aromatic carbocycles. The number of halogens is 4. The minimum atomic E-state index is 0.146. The molecule has 0 radical (unpaired) electrons. The van der Waals surface area contributed by atoms with E-state index in [0.717, 1.165) is 19.4 Å². The van der Waals surface area contributed by atoms with E-state index in [1.807, 2.05) is 25.1 Å². The Morgan fingerprint density at radius 1 is 1.18 bits per heavy atom. The van der Waals surface area contributed by atoms with Gasteiger partial charge in [-0.2, -0.15) is 0 Å². The molecular weight excluding hydrogens is 407 g/mol. The van der Waals surface area contributed by atoms with Crippen LogP contribution in [0, 0.1) is 6.92 Å². The Morgan fingerprint density at radius 2 is 1.88 bits per heavy atom. The fourth-order valence-electron chi connectivity index (χ4n) is 1.48. The van der Waals surface area contributed by atoms with Gasteiger partial charge in [0.1, 0.15) is 0 Å². The average molecular weight is 415 g/mol. The monoisotopic (exact) mass is 412 g/mol. The summed E-state index contributed by atoms with van der Waals surface area (Å²) in [5, 5.41) is 1.54. The van der Waals surface area contributed by atoms with Crippen molar-refractivity contribution in [3.8, 4) is 0 Å². The molecule has 0 fully saturated rings. The lowest BCUT2D eigenvalue weighted by Crippen LogP contribution is -1.90. The highest BCUT2D eigenvalue weighted by Gasteiger charge is 2.15. The molecule has 0 aliphatic heterocycles. The molecule has 1 atom stereocenters. The summed E-state index contributed by atoms with van der Waals surface area (Å²) in [5.41, 5.74) is 2.26. The van der Waals surface area contributed by atoms with E-state index in [1.165, 1.54) is 10.4 Å². The summed E-state index contributed by atoms with van der Waals surface area (Å²) in [4.78, 5) is 1.32. The molecular formula is C12H8Br2Cl2S. The maximum absolute atomic E-state index is 6.04. The normalized spacial score (nSPS) is 12.8. The first-order chi connectivity index (χ1) is 7.99. The summed E-state index contributed by atoms with van der Waals surface area (Å²) in [6.07, 6.45) is 0. The Bertz CT molecular complexity index is 532. The number of hydrogen-bond donors (Lipinski definition) is 0. The largest absolute Gasteiger partial charge is 0.130 e. The summed E-state index contributed by atoms with van der Waals surface area (Å²) in [7, 11) is 0. The van der Waals surface area contributed by atoms with Gasteiger partial charge >= 0.3 is 0 Å². The number of hydrogen-bond acceptors (Lipinski definition) is 1. The van der Waals surface area contributed by atoms with Crippen LogP contribution in [0.2, 0.25) is 10.0 Å². The molecule has 2 rings (SSSR count). The lowest BCUT2D eigenvalue weighted by Gasteiger charge is -2.09. The van der Waals surface area contributed by atoms with Gasteiger partial charge in [0.05, 0.1) is 13.6 Å². The molecule has 5 heteroatoms. The summed E-state index contributed by atoms with van der Waals surface area (Å²) in [6.45, 7) is 2.00. The molecule has 1 heterocycles. The molecule has 17 heavy (non-hydrogen) atoms. The number of aryl methyl sites for hydroxylation is 1. The second-order valence-corrected chi connectivity index (χ2v) is 7.77. The fraction of sp³-hybridized carbons (Fsp3) is 0.167. The Labute approximate surface area is 131 Å². The zero-order chi connectivity index (χ0) is 12.6. The van der Waals surface area contributed by atoms with E-state index in [0.29, 0.717) is 0 Å². The van der Waals surface area contributed by atoms with Crippen LogP contribution < -0.4 is 0 Å². The molecule has 0 aliphatic rings. The Kier molecular flexibility index (Phi) is 4.59. The molecule has 2 aromatic rings. The maximum Gasteiger partial charge on any atom is 0.0887 e. The van der Waals surface area contributed by atoms with Crippen LogP contribution in [0.25, 0.3) is 0 Å². The second kappa shape index (κ2) is 5.62. The van der Waals surface area contributed by atoms with Gasteiger partial charge < -0.3 is 0 Å². The van der Waals surface area contributed by atoms with Crippen LogP contribution in [-0.2, 0) is 0 Å². The van der Waals surface area contributed by atoms with Crippen molar-refractivity contribution in [2.45, 2.75) is 11.8 Å². The van der Waals surface area contributed by atoms with Crippen LogP contribution in [0.3, 0.4) is 0 Å². The second-order valence-electron chi connectivity index (χ2n) is 3.64. The van der Waals surface area contributed by atoms with E-state index in [-0.39, 0.29) is 4.83 Å². The molecule has 0 saturated carbocycles. The minimum absolute atomic E-state index is 0.146. The van der Waals surface area contributed by atoms with Crippen LogP contribution >= 0.6 is 66.4 Å². The van der Waals surface area contributed by atoms with Gasteiger partial charge in [0, 0.05) is 9.90 Å². The highest BCUT2D eigenvalue weighted by Crippen LogP contribution is 2.41. The van der Waals surface area contributed by atoms with Crippen molar-refractivity contribution in [3.63, 3.8) is 0 Å². The van der Waals surface area contributed by atoms with Gasteiger partial charge in [0.25, 0.3) is 0 Å². The van der Waals surface area contributed by atoms with E-state index in [1.54, 1.807) is 11.3 Å². The number of thiophene rings is 1.